The van der Waals surface area contributed by atoms with Gasteiger partial charge in [-0.25, -0.2) is 4.98 Å². The molecule has 8 nitrogen and oxygen atoms in total. The molecule has 1 fully saturated rings. The Kier molecular flexibility index (Phi) is 6.35. The quantitative estimate of drug-likeness (QED) is 0.659. The summed E-state index contributed by atoms with van der Waals surface area (Å²) in [5.74, 6) is 0.679. The summed E-state index contributed by atoms with van der Waals surface area (Å²) in [7, 11) is 0. The van der Waals surface area contributed by atoms with Gasteiger partial charge in [-0.05, 0) is 31.9 Å². The number of anilines is 1. The second kappa shape index (κ2) is 9.51. The zero-order valence-electron chi connectivity index (χ0n) is 17.6. The Hall–Kier alpha value is -3.55. The average Bonchev–Trinajstić information content (AvgIpc) is 2.81. The molecule has 1 atom stereocenters. The fraction of sp³-hybridized carbons (Fsp3) is 0.348. The van der Waals surface area contributed by atoms with Crippen LogP contribution in [0.15, 0.2) is 59.7 Å². The largest absolute Gasteiger partial charge is 0.354 e. The number of aromatic nitrogens is 4. The van der Waals surface area contributed by atoms with E-state index in [1.807, 2.05) is 42.5 Å². The Morgan fingerprint density at radius 2 is 2.00 bits per heavy atom. The molecular weight excluding hydrogens is 392 g/mol. The Bertz CT molecular complexity index is 1080. The van der Waals surface area contributed by atoms with E-state index in [2.05, 4.69) is 25.4 Å². The molecular formula is C23H26N6O2. The SMILES string of the molecule is Cc1cc(=O)n(CCNC(=O)C2CCCN(c3ccc(-c4ccccc4)nn3)C2)cn1. The maximum atomic E-state index is 12.7. The second-order valence-electron chi connectivity index (χ2n) is 7.78. The van der Waals surface area contributed by atoms with Crippen molar-refractivity contribution in [2.45, 2.75) is 26.3 Å². The molecule has 3 heterocycles. The molecule has 1 aliphatic rings. The van der Waals surface area contributed by atoms with Gasteiger partial charge >= 0.3 is 0 Å². The van der Waals surface area contributed by atoms with Crippen LogP contribution in [0.1, 0.15) is 18.5 Å². The number of nitrogens with zero attached hydrogens (tertiary/aromatic N) is 5. The van der Waals surface area contributed by atoms with Gasteiger partial charge in [-0.15, -0.1) is 10.2 Å². The number of carbonyl (C=O) groups excluding carboxylic acids is 1. The highest BCUT2D eigenvalue weighted by Gasteiger charge is 2.26. The third-order valence-electron chi connectivity index (χ3n) is 5.50. The van der Waals surface area contributed by atoms with Crippen LogP contribution in [0.5, 0.6) is 0 Å². The first-order valence-electron chi connectivity index (χ1n) is 10.5. The van der Waals surface area contributed by atoms with Crippen LogP contribution in [0, 0.1) is 12.8 Å². The van der Waals surface area contributed by atoms with Crippen LogP contribution in [-0.2, 0) is 11.3 Å². The van der Waals surface area contributed by atoms with Crippen LogP contribution in [0.3, 0.4) is 0 Å². The lowest BCUT2D eigenvalue weighted by Gasteiger charge is -2.32. The summed E-state index contributed by atoms with van der Waals surface area (Å²) in [4.78, 5) is 30.8. The van der Waals surface area contributed by atoms with Crippen molar-refractivity contribution in [2.24, 2.45) is 5.92 Å². The molecule has 1 N–H and O–H groups in total. The molecule has 8 heteroatoms. The fourth-order valence-electron chi connectivity index (χ4n) is 3.78. The number of carbonyl (C=O) groups is 1. The molecule has 0 aliphatic carbocycles. The monoisotopic (exact) mass is 418 g/mol. The number of benzene rings is 1. The van der Waals surface area contributed by atoms with E-state index < -0.39 is 0 Å². The number of amides is 1. The number of piperidine rings is 1. The number of hydrogen-bond acceptors (Lipinski definition) is 6. The maximum Gasteiger partial charge on any atom is 0.253 e. The van der Waals surface area contributed by atoms with Crippen molar-refractivity contribution in [2.75, 3.05) is 24.5 Å². The average molecular weight is 419 g/mol. The maximum absolute atomic E-state index is 12.7. The molecule has 0 saturated carbocycles. The molecule has 4 rings (SSSR count). The molecule has 160 valence electrons. The van der Waals surface area contributed by atoms with Crippen LogP contribution in [0.25, 0.3) is 11.3 Å². The smallest absolute Gasteiger partial charge is 0.253 e. The van der Waals surface area contributed by atoms with Crippen molar-refractivity contribution in [1.82, 2.24) is 25.1 Å². The summed E-state index contributed by atoms with van der Waals surface area (Å²) in [6.45, 7) is 4.04. The van der Waals surface area contributed by atoms with Gasteiger partial charge in [0.25, 0.3) is 5.56 Å². The fourth-order valence-corrected chi connectivity index (χ4v) is 3.78. The molecule has 1 saturated heterocycles. The summed E-state index contributed by atoms with van der Waals surface area (Å²) in [6, 6.07) is 15.4. The molecule has 31 heavy (non-hydrogen) atoms. The third-order valence-corrected chi connectivity index (χ3v) is 5.50. The Morgan fingerprint density at radius 1 is 1.16 bits per heavy atom. The summed E-state index contributed by atoms with van der Waals surface area (Å²) >= 11 is 0. The molecule has 2 aromatic heterocycles. The minimum Gasteiger partial charge on any atom is -0.354 e. The van der Waals surface area contributed by atoms with Gasteiger partial charge in [0, 0.05) is 43.5 Å². The van der Waals surface area contributed by atoms with E-state index in [0.717, 1.165) is 36.5 Å². The summed E-state index contributed by atoms with van der Waals surface area (Å²) in [5, 5.41) is 11.7. The standard InChI is InChI=1S/C23H26N6O2/c1-17-14-22(30)29(16-25-17)13-11-24-23(31)19-8-5-12-28(15-19)21-10-9-20(26-27-21)18-6-3-2-4-7-18/h2-4,6-7,9-10,14,16,19H,5,8,11-13,15H2,1H3,(H,24,31). The van der Waals surface area contributed by atoms with E-state index in [9.17, 15) is 9.59 Å². The number of rotatable bonds is 6. The molecule has 1 aromatic carbocycles. The van der Waals surface area contributed by atoms with Gasteiger partial charge < -0.3 is 10.2 Å². The van der Waals surface area contributed by atoms with Crippen molar-refractivity contribution in [1.29, 1.82) is 0 Å². The van der Waals surface area contributed by atoms with Gasteiger partial charge in [0.15, 0.2) is 5.82 Å². The van der Waals surface area contributed by atoms with Crippen LogP contribution in [0.4, 0.5) is 5.82 Å². The van der Waals surface area contributed by atoms with Gasteiger partial charge in [0.2, 0.25) is 5.91 Å². The highest BCUT2D eigenvalue weighted by Crippen LogP contribution is 2.23. The van der Waals surface area contributed by atoms with Crippen molar-refractivity contribution >= 4 is 11.7 Å². The van der Waals surface area contributed by atoms with Gasteiger partial charge in [0.05, 0.1) is 17.9 Å². The highest BCUT2D eigenvalue weighted by atomic mass is 16.2. The predicted molar refractivity (Wildman–Crippen MR) is 119 cm³/mol. The lowest BCUT2D eigenvalue weighted by molar-refractivity contribution is -0.125. The van der Waals surface area contributed by atoms with E-state index in [1.165, 1.54) is 17.0 Å². The number of nitrogens with one attached hydrogen (secondary N) is 1. The van der Waals surface area contributed by atoms with Crippen LogP contribution >= 0.6 is 0 Å². The third kappa shape index (κ3) is 5.14. The summed E-state index contributed by atoms with van der Waals surface area (Å²) < 4.78 is 1.50. The van der Waals surface area contributed by atoms with Crippen LogP contribution < -0.4 is 15.8 Å². The van der Waals surface area contributed by atoms with Gasteiger partial charge in [-0.1, -0.05) is 30.3 Å². The predicted octanol–water partition coefficient (Wildman–Crippen LogP) is 2.04. The molecule has 1 amide bonds. The first-order valence-corrected chi connectivity index (χ1v) is 10.5. The molecule has 0 bridgehead atoms. The zero-order chi connectivity index (χ0) is 21.6. The Labute approximate surface area is 181 Å². The molecule has 0 spiro atoms. The van der Waals surface area contributed by atoms with E-state index in [1.54, 1.807) is 6.92 Å². The van der Waals surface area contributed by atoms with Crippen molar-refractivity contribution in [3.63, 3.8) is 0 Å². The van der Waals surface area contributed by atoms with E-state index in [-0.39, 0.29) is 17.4 Å². The second-order valence-corrected chi connectivity index (χ2v) is 7.78. The Balaban J connectivity index is 1.32. The van der Waals surface area contributed by atoms with Crippen molar-refractivity contribution < 1.29 is 4.79 Å². The molecule has 1 aliphatic heterocycles. The number of aryl methyl sites for hydroxylation is 1. The lowest BCUT2D eigenvalue weighted by Crippen LogP contribution is -2.44. The minimum absolute atomic E-state index is 0.00619. The van der Waals surface area contributed by atoms with Gasteiger partial charge in [0.1, 0.15) is 0 Å². The molecule has 3 aromatic rings. The first kappa shape index (κ1) is 20.7. The zero-order valence-corrected chi connectivity index (χ0v) is 17.6. The minimum atomic E-state index is -0.114. The van der Waals surface area contributed by atoms with Gasteiger partial charge in [-0.3, -0.25) is 14.2 Å². The van der Waals surface area contributed by atoms with E-state index in [4.69, 9.17) is 0 Å². The normalized spacial score (nSPS) is 16.2. The lowest BCUT2D eigenvalue weighted by atomic mass is 9.97. The first-order chi connectivity index (χ1) is 15.1. The van der Waals surface area contributed by atoms with Gasteiger partial charge in [-0.2, -0.15) is 0 Å². The van der Waals surface area contributed by atoms with Crippen molar-refractivity contribution in [3.05, 3.63) is 70.9 Å². The molecule has 1 unspecified atom stereocenters. The summed E-state index contributed by atoms with van der Waals surface area (Å²) in [5.41, 5.74) is 2.44. The van der Waals surface area contributed by atoms with Crippen LogP contribution in [-0.4, -0.2) is 45.3 Å². The topological polar surface area (TPSA) is 93.0 Å². The van der Waals surface area contributed by atoms with Crippen molar-refractivity contribution in [3.8, 4) is 11.3 Å². The van der Waals surface area contributed by atoms with E-state index in [0.29, 0.717) is 25.3 Å². The summed E-state index contributed by atoms with van der Waals surface area (Å²) in [6.07, 6.45) is 3.27. The number of hydrogen-bond donors (Lipinski definition) is 1. The molecule has 0 radical (unpaired) electrons. The van der Waals surface area contributed by atoms with Crippen LogP contribution in [0.2, 0.25) is 0 Å². The highest BCUT2D eigenvalue weighted by molar-refractivity contribution is 5.79. The Morgan fingerprint density at radius 3 is 2.74 bits per heavy atom. The van der Waals surface area contributed by atoms with E-state index >= 15 is 0 Å².